The number of carbonyl (C=O) groups excluding carboxylic acids is 2. The van der Waals surface area contributed by atoms with Gasteiger partial charge in [0.25, 0.3) is 11.8 Å². The Bertz CT molecular complexity index is 798. The Morgan fingerprint density at radius 1 is 0.964 bits per heavy atom. The van der Waals surface area contributed by atoms with Crippen LogP contribution in [0.4, 0.5) is 0 Å². The molecule has 3 rings (SSSR count). The predicted octanol–water partition coefficient (Wildman–Crippen LogP) is 4.77. The van der Waals surface area contributed by atoms with E-state index in [4.69, 9.17) is 0 Å². The second-order valence-corrected chi connectivity index (χ2v) is 8.83. The van der Waals surface area contributed by atoms with Gasteiger partial charge in [-0.15, -0.1) is 11.3 Å². The molecule has 1 heterocycles. The third-order valence-corrected chi connectivity index (χ3v) is 6.58. The molecule has 0 bridgehead atoms. The SMILES string of the molecule is CCN(Cc1ccc(C(=O)N(C)C)cc1)C(=O)c1cc2c(s1)CCCCCC2. The molecule has 1 aromatic carbocycles. The molecule has 0 fully saturated rings. The molecule has 1 aliphatic carbocycles. The molecule has 0 N–H and O–H groups in total. The number of nitrogens with zero attached hydrogens (tertiary/aromatic N) is 2. The van der Waals surface area contributed by atoms with Crippen LogP contribution < -0.4 is 0 Å². The Morgan fingerprint density at radius 3 is 2.29 bits per heavy atom. The highest BCUT2D eigenvalue weighted by Crippen LogP contribution is 2.29. The lowest BCUT2D eigenvalue weighted by Gasteiger charge is -2.20. The summed E-state index contributed by atoms with van der Waals surface area (Å²) in [4.78, 5) is 30.9. The van der Waals surface area contributed by atoms with Crippen LogP contribution in [0.15, 0.2) is 30.3 Å². The highest BCUT2D eigenvalue weighted by atomic mass is 32.1. The molecule has 0 aliphatic heterocycles. The van der Waals surface area contributed by atoms with Gasteiger partial charge in [-0.1, -0.05) is 25.0 Å². The van der Waals surface area contributed by atoms with Crippen LogP contribution in [-0.2, 0) is 19.4 Å². The largest absolute Gasteiger partial charge is 0.345 e. The number of carbonyl (C=O) groups is 2. The van der Waals surface area contributed by atoms with Crippen LogP contribution in [0.25, 0.3) is 0 Å². The number of hydrogen-bond acceptors (Lipinski definition) is 3. The summed E-state index contributed by atoms with van der Waals surface area (Å²) in [5, 5.41) is 0. The van der Waals surface area contributed by atoms with Gasteiger partial charge in [-0.2, -0.15) is 0 Å². The first-order valence-electron chi connectivity index (χ1n) is 10.2. The molecule has 4 nitrogen and oxygen atoms in total. The van der Waals surface area contributed by atoms with Crippen LogP contribution in [0.5, 0.6) is 0 Å². The molecule has 0 radical (unpaired) electrons. The molecule has 28 heavy (non-hydrogen) atoms. The maximum atomic E-state index is 13.1. The fourth-order valence-corrected chi connectivity index (χ4v) is 4.89. The normalized spacial score (nSPS) is 14.0. The third-order valence-electron chi connectivity index (χ3n) is 5.36. The second kappa shape index (κ2) is 9.37. The average molecular weight is 399 g/mol. The van der Waals surface area contributed by atoms with Crippen LogP contribution in [0.3, 0.4) is 0 Å². The molecule has 150 valence electrons. The minimum absolute atomic E-state index is 0.00835. The summed E-state index contributed by atoms with van der Waals surface area (Å²) in [6, 6.07) is 9.70. The van der Waals surface area contributed by atoms with Crippen LogP contribution in [0.1, 0.15) is 68.6 Å². The van der Waals surface area contributed by atoms with Crippen molar-refractivity contribution in [2.75, 3.05) is 20.6 Å². The quantitative estimate of drug-likeness (QED) is 0.728. The van der Waals surface area contributed by atoms with Gasteiger partial charge >= 0.3 is 0 Å². The average Bonchev–Trinajstić information content (AvgIpc) is 3.07. The van der Waals surface area contributed by atoms with Crippen molar-refractivity contribution in [3.05, 3.63) is 56.8 Å². The van der Waals surface area contributed by atoms with E-state index >= 15 is 0 Å². The Hall–Kier alpha value is -2.14. The fraction of sp³-hybridized carbons (Fsp3) is 0.478. The van der Waals surface area contributed by atoms with E-state index < -0.39 is 0 Å². The Morgan fingerprint density at radius 2 is 1.64 bits per heavy atom. The summed E-state index contributed by atoms with van der Waals surface area (Å²) < 4.78 is 0. The zero-order valence-electron chi connectivity index (χ0n) is 17.2. The molecule has 0 unspecified atom stereocenters. The molecule has 0 spiro atoms. The summed E-state index contributed by atoms with van der Waals surface area (Å²) in [6.07, 6.45) is 7.27. The number of fused-ring (bicyclic) bond motifs is 1. The first kappa shape index (κ1) is 20.6. The van der Waals surface area contributed by atoms with Crippen molar-refractivity contribution in [3.8, 4) is 0 Å². The van der Waals surface area contributed by atoms with Gasteiger partial charge in [0.15, 0.2) is 0 Å². The monoisotopic (exact) mass is 398 g/mol. The van der Waals surface area contributed by atoms with Gasteiger partial charge in [-0.3, -0.25) is 9.59 Å². The van der Waals surface area contributed by atoms with Crippen LogP contribution in [0.2, 0.25) is 0 Å². The van der Waals surface area contributed by atoms with E-state index in [1.807, 2.05) is 36.1 Å². The van der Waals surface area contributed by atoms with Crippen molar-refractivity contribution < 1.29 is 9.59 Å². The zero-order chi connectivity index (χ0) is 20.1. The molecule has 5 heteroatoms. The lowest BCUT2D eigenvalue weighted by molar-refractivity contribution is 0.0756. The number of rotatable bonds is 5. The second-order valence-electron chi connectivity index (χ2n) is 7.69. The first-order valence-corrected chi connectivity index (χ1v) is 11.0. The summed E-state index contributed by atoms with van der Waals surface area (Å²) in [6.45, 7) is 3.25. The van der Waals surface area contributed by atoms with Gasteiger partial charge < -0.3 is 9.80 Å². The Labute approximate surface area is 172 Å². The molecule has 2 amide bonds. The van der Waals surface area contributed by atoms with E-state index in [0.717, 1.165) is 23.3 Å². The number of aryl methyl sites for hydroxylation is 2. The summed E-state index contributed by atoms with van der Waals surface area (Å²) in [7, 11) is 3.50. The highest BCUT2D eigenvalue weighted by molar-refractivity contribution is 7.14. The van der Waals surface area contributed by atoms with Crippen molar-refractivity contribution in [2.24, 2.45) is 0 Å². The standard InChI is InChI=1S/C23H30N2O2S/c1-4-25(16-17-11-13-18(14-12-17)22(26)24(2)3)23(27)21-15-19-9-7-5-6-8-10-20(19)28-21/h11-15H,4-10,16H2,1-3H3. The molecule has 0 atom stereocenters. The molecular formula is C23H30N2O2S. The molecule has 0 saturated heterocycles. The zero-order valence-corrected chi connectivity index (χ0v) is 18.0. The maximum Gasteiger partial charge on any atom is 0.264 e. The Kier molecular flexibility index (Phi) is 6.89. The van der Waals surface area contributed by atoms with Gasteiger partial charge in [0, 0.05) is 37.6 Å². The molecule has 1 aliphatic rings. The number of benzene rings is 1. The van der Waals surface area contributed by atoms with Gasteiger partial charge in [-0.05, 0) is 61.9 Å². The summed E-state index contributed by atoms with van der Waals surface area (Å²) in [5.74, 6) is 0.110. The lowest BCUT2D eigenvalue weighted by atomic mass is 10.00. The smallest absolute Gasteiger partial charge is 0.264 e. The predicted molar refractivity (Wildman–Crippen MR) is 115 cm³/mol. The summed E-state index contributed by atoms with van der Waals surface area (Å²) in [5.41, 5.74) is 3.09. The van der Waals surface area contributed by atoms with Crippen molar-refractivity contribution in [3.63, 3.8) is 0 Å². The minimum atomic E-state index is -0.00835. The molecular weight excluding hydrogens is 368 g/mol. The molecule has 0 saturated carbocycles. The van der Waals surface area contributed by atoms with E-state index in [0.29, 0.717) is 18.7 Å². The fourth-order valence-electron chi connectivity index (χ4n) is 3.66. The van der Waals surface area contributed by atoms with E-state index in [1.165, 1.54) is 36.1 Å². The number of thiophene rings is 1. The minimum Gasteiger partial charge on any atom is -0.345 e. The van der Waals surface area contributed by atoms with Crippen molar-refractivity contribution in [2.45, 2.75) is 52.0 Å². The number of hydrogen-bond donors (Lipinski definition) is 0. The van der Waals surface area contributed by atoms with Crippen LogP contribution >= 0.6 is 11.3 Å². The van der Waals surface area contributed by atoms with Crippen molar-refractivity contribution in [1.82, 2.24) is 9.80 Å². The molecule has 2 aromatic rings. The van der Waals surface area contributed by atoms with E-state index in [9.17, 15) is 9.59 Å². The van der Waals surface area contributed by atoms with Gasteiger partial charge in [0.2, 0.25) is 0 Å². The maximum absolute atomic E-state index is 13.1. The van der Waals surface area contributed by atoms with Gasteiger partial charge in [0.05, 0.1) is 4.88 Å². The van der Waals surface area contributed by atoms with E-state index in [-0.39, 0.29) is 11.8 Å². The van der Waals surface area contributed by atoms with Gasteiger partial charge in [-0.25, -0.2) is 0 Å². The van der Waals surface area contributed by atoms with Crippen LogP contribution in [-0.4, -0.2) is 42.3 Å². The van der Waals surface area contributed by atoms with Crippen LogP contribution in [0, 0.1) is 0 Å². The highest BCUT2D eigenvalue weighted by Gasteiger charge is 2.20. The Balaban J connectivity index is 1.72. The van der Waals surface area contributed by atoms with Crippen molar-refractivity contribution >= 4 is 23.2 Å². The lowest BCUT2D eigenvalue weighted by Crippen LogP contribution is -2.29. The van der Waals surface area contributed by atoms with Crippen molar-refractivity contribution in [1.29, 1.82) is 0 Å². The number of amides is 2. The first-order chi connectivity index (χ1) is 13.5. The third kappa shape index (κ3) is 4.82. The molecule has 1 aromatic heterocycles. The summed E-state index contributed by atoms with van der Waals surface area (Å²) >= 11 is 1.69. The van der Waals surface area contributed by atoms with E-state index in [2.05, 4.69) is 6.07 Å². The van der Waals surface area contributed by atoms with E-state index in [1.54, 1.807) is 30.3 Å². The topological polar surface area (TPSA) is 40.6 Å². The van der Waals surface area contributed by atoms with Gasteiger partial charge in [0.1, 0.15) is 0 Å².